The molecule has 2 amide bonds. The Morgan fingerprint density at radius 1 is 0.921 bits per heavy atom. The lowest BCUT2D eigenvalue weighted by molar-refractivity contribution is -0.144. The summed E-state index contributed by atoms with van der Waals surface area (Å²) in [6.45, 7) is 9.00. The van der Waals surface area contributed by atoms with Crippen LogP contribution in [0, 0.1) is 5.92 Å². The maximum Gasteiger partial charge on any atom is 0.408 e. The fraction of sp³-hybridized carbons (Fsp3) is 0.600. The van der Waals surface area contributed by atoms with E-state index < -0.39 is 47.7 Å². The highest BCUT2D eigenvalue weighted by molar-refractivity contribution is 8.76. The molecule has 0 aliphatic carbocycles. The summed E-state index contributed by atoms with van der Waals surface area (Å²) in [5.74, 6) is -2.28. The Balaban J connectivity index is 2.66. The van der Waals surface area contributed by atoms with Gasteiger partial charge in [0, 0.05) is 11.5 Å². The Morgan fingerprint density at radius 2 is 1.45 bits per heavy atom. The van der Waals surface area contributed by atoms with Gasteiger partial charge < -0.3 is 35.1 Å². The number of hydrogen-bond acceptors (Lipinski definition) is 9. The van der Waals surface area contributed by atoms with Gasteiger partial charge in [-0.05, 0) is 50.8 Å². The second-order valence-electron chi connectivity index (χ2n) is 9.78. The zero-order valence-corrected chi connectivity index (χ0v) is 24.1. The van der Waals surface area contributed by atoms with Crippen LogP contribution in [0.25, 0.3) is 0 Å². The summed E-state index contributed by atoms with van der Waals surface area (Å²) in [7, 11) is 3.70. The summed E-state index contributed by atoms with van der Waals surface area (Å²) in [5.41, 5.74) is 0.0513. The molecule has 214 valence electrons. The van der Waals surface area contributed by atoms with Crippen molar-refractivity contribution in [3.05, 3.63) is 29.8 Å². The number of hydrogen-bond donors (Lipinski definition) is 4. The fourth-order valence-electron chi connectivity index (χ4n) is 2.89. The van der Waals surface area contributed by atoms with Crippen molar-refractivity contribution in [1.29, 1.82) is 0 Å². The van der Waals surface area contributed by atoms with E-state index in [1.165, 1.54) is 0 Å². The van der Waals surface area contributed by atoms with Gasteiger partial charge in [-0.15, -0.1) is 0 Å². The topological polar surface area (TPSA) is 160 Å². The van der Waals surface area contributed by atoms with Crippen molar-refractivity contribution in [3.8, 4) is 5.75 Å². The zero-order chi connectivity index (χ0) is 28.9. The van der Waals surface area contributed by atoms with Crippen molar-refractivity contribution in [1.82, 2.24) is 10.6 Å². The minimum absolute atomic E-state index is 0.0304. The third-order valence-electron chi connectivity index (χ3n) is 4.74. The number of amides is 2. The predicted octanol–water partition coefficient (Wildman–Crippen LogP) is 3.56. The van der Waals surface area contributed by atoms with E-state index >= 15 is 0 Å². The van der Waals surface area contributed by atoms with Gasteiger partial charge in [0.25, 0.3) is 0 Å². The highest BCUT2D eigenvalue weighted by Crippen LogP contribution is 2.24. The predicted molar refractivity (Wildman–Crippen MR) is 146 cm³/mol. The summed E-state index contributed by atoms with van der Waals surface area (Å²) >= 11 is 0. The standard InChI is InChI=1S/C25H38N2O9S2/c1-15(2)11-20(35-12-16-7-9-17(34-6)10-8-16)21(28)26-18(22(29)30)13-37-38-14-19(23(31)32)27-24(33)36-25(3,4)5/h7-10,15,18-20H,11-14H2,1-6H3,(H,26,28)(H,27,33)(H,29,30)(H,31,32)/t18-,19-,20-/m0/s1. The normalized spacial score (nSPS) is 13.8. The van der Waals surface area contributed by atoms with Crippen LogP contribution in [-0.4, -0.2) is 76.6 Å². The molecular formula is C25H38N2O9S2. The number of rotatable bonds is 16. The third kappa shape index (κ3) is 13.8. The number of carbonyl (C=O) groups excluding carboxylic acids is 2. The van der Waals surface area contributed by atoms with E-state index in [-0.39, 0.29) is 24.0 Å². The average molecular weight is 575 g/mol. The molecule has 1 rings (SSSR count). The average Bonchev–Trinajstić information content (AvgIpc) is 2.81. The van der Waals surface area contributed by atoms with E-state index in [9.17, 15) is 29.4 Å². The molecule has 0 saturated carbocycles. The molecule has 38 heavy (non-hydrogen) atoms. The van der Waals surface area contributed by atoms with Gasteiger partial charge >= 0.3 is 18.0 Å². The summed E-state index contributed by atoms with van der Waals surface area (Å²) in [6.07, 6.45) is -1.32. The molecule has 13 heteroatoms. The number of carboxylic acid groups (broad SMARTS) is 2. The SMILES string of the molecule is COc1ccc(CO[C@@H](CC(C)C)C(=O)N[C@@H](CSSC[C@H](NC(=O)OC(C)(C)C)C(=O)O)C(=O)O)cc1. The first-order valence-electron chi connectivity index (χ1n) is 12.0. The maximum atomic E-state index is 12.9. The molecule has 0 aliphatic rings. The van der Waals surface area contributed by atoms with Crippen LogP contribution in [0.15, 0.2) is 24.3 Å². The number of ether oxygens (including phenoxy) is 3. The molecule has 3 atom stereocenters. The van der Waals surface area contributed by atoms with Crippen molar-refractivity contribution >= 4 is 45.5 Å². The summed E-state index contributed by atoms with van der Waals surface area (Å²) in [6, 6.07) is 4.74. The van der Waals surface area contributed by atoms with Gasteiger partial charge in [0.2, 0.25) is 5.91 Å². The van der Waals surface area contributed by atoms with Crippen LogP contribution in [0.2, 0.25) is 0 Å². The highest BCUT2D eigenvalue weighted by atomic mass is 33.1. The summed E-state index contributed by atoms with van der Waals surface area (Å²) in [4.78, 5) is 48.0. The number of nitrogens with one attached hydrogen (secondary N) is 2. The molecule has 4 N–H and O–H groups in total. The van der Waals surface area contributed by atoms with Crippen LogP contribution in [0.5, 0.6) is 5.75 Å². The number of methoxy groups -OCH3 is 1. The minimum atomic E-state index is -1.25. The van der Waals surface area contributed by atoms with Crippen molar-refractivity contribution < 1.29 is 43.6 Å². The second kappa shape index (κ2) is 16.4. The molecule has 1 aromatic carbocycles. The van der Waals surface area contributed by atoms with Crippen LogP contribution in [0.4, 0.5) is 4.79 Å². The largest absolute Gasteiger partial charge is 0.497 e. The Labute approximate surface area is 231 Å². The maximum absolute atomic E-state index is 12.9. The minimum Gasteiger partial charge on any atom is -0.497 e. The van der Waals surface area contributed by atoms with Gasteiger partial charge in [0.15, 0.2) is 0 Å². The molecule has 0 bridgehead atoms. The molecule has 0 aliphatic heterocycles. The second-order valence-corrected chi connectivity index (χ2v) is 12.3. The first-order valence-corrected chi connectivity index (χ1v) is 14.4. The van der Waals surface area contributed by atoms with E-state index in [4.69, 9.17) is 14.2 Å². The first kappa shape index (κ1) is 33.4. The Morgan fingerprint density at radius 3 is 1.89 bits per heavy atom. The highest BCUT2D eigenvalue weighted by Gasteiger charge is 2.28. The third-order valence-corrected chi connectivity index (χ3v) is 7.17. The number of benzene rings is 1. The van der Waals surface area contributed by atoms with Crippen LogP contribution < -0.4 is 15.4 Å². The molecule has 0 fully saturated rings. The molecular weight excluding hydrogens is 536 g/mol. The Kier molecular flexibility index (Phi) is 14.4. The van der Waals surface area contributed by atoms with Crippen molar-refractivity contribution in [2.24, 2.45) is 5.92 Å². The van der Waals surface area contributed by atoms with Crippen LogP contribution in [-0.2, 0) is 30.5 Å². The number of alkyl carbamates (subject to hydrolysis) is 1. The van der Waals surface area contributed by atoms with Gasteiger partial charge in [-0.25, -0.2) is 14.4 Å². The molecule has 0 radical (unpaired) electrons. The van der Waals surface area contributed by atoms with Crippen molar-refractivity contribution in [3.63, 3.8) is 0 Å². The monoisotopic (exact) mass is 574 g/mol. The molecule has 0 aromatic heterocycles. The summed E-state index contributed by atoms with van der Waals surface area (Å²) < 4.78 is 16.0. The molecule has 0 unspecified atom stereocenters. The number of aliphatic carboxylic acids is 2. The lowest BCUT2D eigenvalue weighted by Crippen LogP contribution is -2.48. The zero-order valence-electron chi connectivity index (χ0n) is 22.5. The number of carbonyl (C=O) groups is 4. The molecule has 0 spiro atoms. The van der Waals surface area contributed by atoms with E-state index in [0.29, 0.717) is 12.2 Å². The lowest BCUT2D eigenvalue weighted by atomic mass is 10.0. The molecule has 1 aromatic rings. The fourth-order valence-corrected chi connectivity index (χ4v) is 5.20. The smallest absolute Gasteiger partial charge is 0.408 e. The summed E-state index contributed by atoms with van der Waals surface area (Å²) in [5, 5.41) is 23.8. The Hall–Kier alpha value is -2.64. The Bertz CT molecular complexity index is 920. The lowest BCUT2D eigenvalue weighted by Gasteiger charge is -2.22. The van der Waals surface area contributed by atoms with Crippen LogP contribution in [0.1, 0.15) is 46.6 Å². The van der Waals surface area contributed by atoms with Gasteiger partial charge in [0.1, 0.15) is 29.5 Å². The molecule has 0 saturated heterocycles. The van der Waals surface area contributed by atoms with Gasteiger partial charge in [-0.3, -0.25) is 4.79 Å². The van der Waals surface area contributed by atoms with Gasteiger partial charge in [0.05, 0.1) is 13.7 Å². The first-order chi connectivity index (χ1) is 17.7. The van der Waals surface area contributed by atoms with Gasteiger partial charge in [-0.1, -0.05) is 47.6 Å². The van der Waals surface area contributed by atoms with Gasteiger partial charge in [-0.2, -0.15) is 0 Å². The molecule has 11 nitrogen and oxygen atoms in total. The quantitative estimate of drug-likeness (QED) is 0.169. The molecule has 0 heterocycles. The van der Waals surface area contributed by atoms with Crippen molar-refractivity contribution in [2.45, 2.75) is 71.4 Å². The van der Waals surface area contributed by atoms with E-state index in [1.807, 2.05) is 26.0 Å². The van der Waals surface area contributed by atoms with E-state index in [2.05, 4.69) is 10.6 Å². The van der Waals surface area contributed by atoms with Crippen LogP contribution in [0.3, 0.4) is 0 Å². The van der Waals surface area contributed by atoms with E-state index in [0.717, 1.165) is 27.2 Å². The van der Waals surface area contributed by atoms with E-state index in [1.54, 1.807) is 40.0 Å². The van der Waals surface area contributed by atoms with Crippen molar-refractivity contribution in [2.75, 3.05) is 18.6 Å². The number of carboxylic acids is 2. The van der Waals surface area contributed by atoms with Crippen LogP contribution >= 0.6 is 21.6 Å².